The molecule has 1 aliphatic rings. The van der Waals surface area contributed by atoms with Crippen molar-refractivity contribution in [2.45, 2.75) is 37.8 Å². The first-order chi connectivity index (χ1) is 8.25. The Labute approximate surface area is 104 Å². The van der Waals surface area contributed by atoms with Crippen LogP contribution >= 0.6 is 11.6 Å². The summed E-state index contributed by atoms with van der Waals surface area (Å²) in [6.07, 6.45) is 7.10. The van der Waals surface area contributed by atoms with E-state index in [1.165, 1.54) is 6.33 Å². The molecule has 0 spiro atoms. The number of rotatable bonds is 1. The summed E-state index contributed by atoms with van der Waals surface area (Å²) in [6, 6.07) is 2.38. The van der Waals surface area contributed by atoms with Crippen molar-refractivity contribution in [3.05, 3.63) is 23.7 Å². The van der Waals surface area contributed by atoms with Gasteiger partial charge in [-0.1, -0.05) is 11.6 Å². The Morgan fingerprint density at radius 2 is 2.00 bits per heavy atom. The fourth-order valence-corrected chi connectivity index (χ4v) is 2.76. The molecule has 17 heavy (non-hydrogen) atoms. The van der Waals surface area contributed by atoms with Crippen molar-refractivity contribution < 1.29 is 5.11 Å². The molecule has 3 rings (SSSR count). The average Bonchev–Trinajstić information content (AvgIpc) is 2.75. The van der Waals surface area contributed by atoms with Gasteiger partial charge in [-0.15, -0.1) is 0 Å². The van der Waals surface area contributed by atoms with E-state index >= 15 is 0 Å². The number of aromatic nitrogens is 3. The standard InChI is InChI=1S/C12H14ClN3O/c13-11-10-5-6-16(12(10)15-7-14-11)8-1-3-9(17)4-2-8/h5-9,17H,1-4H2. The van der Waals surface area contributed by atoms with Crippen LogP contribution in [0.15, 0.2) is 18.6 Å². The molecule has 0 aromatic carbocycles. The van der Waals surface area contributed by atoms with Crippen molar-refractivity contribution in [1.82, 2.24) is 14.5 Å². The minimum atomic E-state index is -0.133. The topological polar surface area (TPSA) is 50.9 Å². The number of halogens is 1. The molecule has 2 aromatic rings. The summed E-state index contributed by atoms with van der Waals surface area (Å²) in [6.45, 7) is 0. The molecule has 0 unspecified atom stereocenters. The van der Waals surface area contributed by atoms with Crippen LogP contribution in [-0.2, 0) is 0 Å². The highest BCUT2D eigenvalue weighted by Gasteiger charge is 2.22. The average molecular weight is 252 g/mol. The third-order valence-corrected chi connectivity index (χ3v) is 3.82. The summed E-state index contributed by atoms with van der Waals surface area (Å²) in [5, 5.41) is 10.9. The van der Waals surface area contributed by atoms with Crippen LogP contribution < -0.4 is 0 Å². The zero-order valence-corrected chi connectivity index (χ0v) is 10.1. The van der Waals surface area contributed by atoms with Crippen molar-refractivity contribution in [1.29, 1.82) is 0 Å². The van der Waals surface area contributed by atoms with Gasteiger partial charge in [-0.3, -0.25) is 0 Å². The van der Waals surface area contributed by atoms with E-state index < -0.39 is 0 Å². The maximum absolute atomic E-state index is 9.53. The fraction of sp³-hybridized carbons (Fsp3) is 0.500. The lowest BCUT2D eigenvalue weighted by atomic mass is 9.93. The van der Waals surface area contributed by atoms with Gasteiger partial charge >= 0.3 is 0 Å². The fourth-order valence-electron chi connectivity index (χ4n) is 2.57. The highest BCUT2D eigenvalue weighted by Crippen LogP contribution is 2.32. The molecule has 0 amide bonds. The first kappa shape index (κ1) is 11.0. The molecule has 1 N–H and O–H groups in total. The smallest absolute Gasteiger partial charge is 0.145 e. The second kappa shape index (κ2) is 4.27. The Bertz CT molecular complexity index is 532. The normalized spacial score (nSPS) is 25.3. The molecule has 0 radical (unpaired) electrons. The quantitative estimate of drug-likeness (QED) is 0.793. The largest absolute Gasteiger partial charge is 0.393 e. The van der Waals surface area contributed by atoms with Gasteiger partial charge in [0.25, 0.3) is 0 Å². The van der Waals surface area contributed by atoms with Gasteiger partial charge < -0.3 is 9.67 Å². The maximum Gasteiger partial charge on any atom is 0.145 e. The summed E-state index contributed by atoms with van der Waals surface area (Å²) < 4.78 is 2.16. The lowest BCUT2D eigenvalue weighted by molar-refractivity contribution is 0.111. The van der Waals surface area contributed by atoms with E-state index in [1.54, 1.807) is 0 Å². The summed E-state index contributed by atoms with van der Waals surface area (Å²) in [4.78, 5) is 8.28. The predicted octanol–water partition coefficient (Wildman–Crippen LogP) is 2.56. The number of fused-ring (bicyclic) bond motifs is 1. The first-order valence-electron chi connectivity index (χ1n) is 5.91. The summed E-state index contributed by atoms with van der Waals surface area (Å²) in [5.41, 5.74) is 0.895. The van der Waals surface area contributed by atoms with E-state index in [1.807, 2.05) is 12.3 Å². The number of aliphatic hydroxyl groups is 1. The van der Waals surface area contributed by atoms with Crippen molar-refractivity contribution in [3.63, 3.8) is 0 Å². The van der Waals surface area contributed by atoms with E-state index in [-0.39, 0.29) is 6.10 Å². The molecule has 2 aromatic heterocycles. The number of nitrogens with zero attached hydrogens (tertiary/aromatic N) is 3. The van der Waals surface area contributed by atoms with E-state index in [2.05, 4.69) is 14.5 Å². The van der Waals surface area contributed by atoms with Gasteiger partial charge in [0.05, 0.1) is 11.5 Å². The molecule has 1 fully saturated rings. The van der Waals surface area contributed by atoms with E-state index in [9.17, 15) is 5.11 Å². The number of hydrogen-bond donors (Lipinski definition) is 1. The zero-order chi connectivity index (χ0) is 11.8. The zero-order valence-electron chi connectivity index (χ0n) is 9.38. The Balaban J connectivity index is 1.98. The first-order valence-corrected chi connectivity index (χ1v) is 6.28. The van der Waals surface area contributed by atoms with E-state index in [0.29, 0.717) is 11.2 Å². The Hall–Kier alpha value is -1.13. The molecule has 5 heteroatoms. The number of hydrogen-bond acceptors (Lipinski definition) is 3. The molecule has 0 bridgehead atoms. The third-order valence-electron chi connectivity index (χ3n) is 3.52. The van der Waals surface area contributed by atoms with Gasteiger partial charge in [0, 0.05) is 12.2 Å². The molecule has 1 aliphatic carbocycles. The Morgan fingerprint density at radius 3 is 2.76 bits per heavy atom. The second-order valence-corrected chi connectivity index (χ2v) is 4.95. The van der Waals surface area contributed by atoms with Crippen LogP contribution in [0.4, 0.5) is 0 Å². The maximum atomic E-state index is 9.53. The van der Waals surface area contributed by atoms with Gasteiger partial charge in [-0.05, 0) is 31.7 Å². The van der Waals surface area contributed by atoms with Gasteiger partial charge in [-0.2, -0.15) is 0 Å². The molecule has 0 aliphatic heterocycles. The number of aliphatic hydroxyl groups excluding tert-OH is 1. The molecule has 90 valence electrons. The predicted molar refractivity (Wildman–Crippen MR) is 66.0 cm³/mol. The SMILES string of the molecule is OC1CCC(n2ccc3c(Cl)ncnc32)CC1. The molecule has 0 atom stereocenters. The summed E-state index contributed by atoms with van der Waals surface area (Å²) >= 11 is 6.03. The van der Waals surface area contributed by atoms with Crippen LogP contribution in [0.2, 0.25) is 5.15 Å². The van der Waals surface area contributed by atoms with Crippen LogP contribution in [0.5, 0.6) is 0 Å². The molecule has 0 saturated heterocycles. The Kier molecular flexibility index (Phi) is 2.76. The van der Waals surface area contributed by atoms with Crippen LogP contribution in [0.25, 0.3) is 11.0 Å². The molecular formula is C12H14ClN3O. The summed E-state index contributed by atoms with van der Waals surface area (Å²) in [5.74, 6) is 0. The van der Waals surface area contributed by atoms with Gasteiger partial charge in [-0.25, -0.2) is 9.97 Å². The summed E-state index contributed by atoms with van der Waals surface area (Å²) in [7, 11) is 0. The van der Waals surface area contributed by atoms with Crippen molar-refractivity contribution in [2.24, 2.45) is 0 Å². The third kappa shape index (κ3) is 1.91. The Morgan fingerprint density at radius 1 is 1.24 bits per heavy atom. The van der Waals surface area contributed by atoms with Crippen LogP contribution in [0, 0.1) is 0 Å². The molecule has 2 heterocycles. The van der Waals surface area contributed by atoms with Crippen molar-refractivity contribution >= 4 is 22.6 Å². The van der Waals surface area contributed by atoms with E-state index in [4.69, 9.17) is 11.6 Å². The van der Waals surface area contributed by atoms with Crippen molar-refractivity contribution in [3.8, 4) is 0 Å². The van der Waals surface area contributed by atoms with Gasteiger partial charge in [0.15, 0.2) is 0 Å². The van der Waals surface area contributed by atoms with Crippen LogP contribution in [-0.4, -0.2) is 25.7 Å². The highest BCUT2D eigenvalue weighted by molar-refractivity contribution is 6.33. The minimum absolute atomic E-state index is 0.133. The van der Waals surface area contributed by atoms with E-state index in [0.717, 1.165) is 36.7 Å². The van der Waals surface area contributed by atoms with Crippen molar-refractivity contribution in [2.75, 3.05) is 0 Å². The minimum Gasteiger partial charge on any atom is -0.393 e. The second-order valence-electron chi connectivity index (χ2n) is 4.59. The monoisotopic (exact) mass is 251 g/mol. The van der Waals surface area contributed by atoms with Crippen LogP contribution in [0.3, 0.4) is 0 Å². The van der Waals surface area contributed by atoms with Gasteiger partial charge in [0.2, 0.25) is 0 Å². The molecule has 1 saturated carbocycles. The van der Waals surface area contributed by atoms with Gasteiger partial charge in [0.1, 0.15) is 17.1 Å². The highest BCUT2D eigenvalue weighted by atomic mass is 35.5. The molecule has 4 nitrogen and oxygen atoms in total. The lowest BCUT2D eigenvalue weighted by Crippen LogP contribution is -2.20. The lowest BCUT2D eigenvalue weighted by Gasteiger charge is -2.26. The van der Waals surface area contributed by atoms with Crippen LogP contribution in [0.1, 0.15) is 31.7 Å². The molecular weight excluding hydrogens is 238 g/mol.